The van der Waals surface area contributed by atoms with Gasteiger partial charge in [0.1, 0.15) is 17.4 Å². The third-order valence-corrected chi connectivity index (χ3v) is 4.04. The first-order chi connectivity index (χ1) is 12.4. The predicted octanol–water partition coefficient (Wildman–Crippen LogP) is 3.26. The van der Waals surface area contributed by atoms with Crippen LogP contribution in [0.1, 0.15) is 44.7 Å². The second kappa shape index (κ2) is 8.54. The maximum absolute atomic E-state index is 12.6. The summed E-state index contributed by atoms with van der Waals surface area (Å²) in [5, 5.41) is 9.64. The SMILES string of the molecule is CCOC(=O)C1=C(C)OC(N)=C(C#N)C1c1ccccc1COC(C)C. The number of hydrogen-bond acceptors (Lipinski definition) is 6. The molecule has 0 aromatic heterocycles. The number of esters is 1. The first kappa shape index (κ1) is 19.5. The van der Waals surface area contributed by atoms with Crippen molar-refractivity contribution in [2.24, 2.45) is 5.73 Å². The van der Waals surface area contributed by atoms with Gasteiger partial charge in [-0.1, -0.05) is 24.3 Å². The van der Waals surface area contributed by atoms with Crippen molar-refractivity contribution in [3.05, 3.63) is 58.2 Å². The van der Waals surface area contributed by atoms with Crippen LogP contribution in [0.3, 0.4) is 0 Å². The van der Waals surface area contributed by atoms with E-state index in [2.05, 4.69) is 6.07 Å². The Kier molecular flexibility index (Phi) is 6.42. The topological polar surface area (TPSA) is 94.6 Å². The van der Waals surface area contributed by atoms with Crippen molar-refractivity contribution in [3.8, 4) is 6.07 Å². The van der Waals surface area contributed by atoms with E-state index in [1.165, 1.54) is 0 Å². The van der Waals surface area contributed by atoms with E-state index < -0.39 is 11.9 Å². The second-order valence-electron chi connectivity index (χ2n) is 6.17. The highest BCUT2D eigenvalue weighted by molar-refractivity contribution is 5.92. The molecule has 0 bridgehead atoms. The number of rotatable bonds is 6. The van der Waals surface area contributed by atoms with Crippen molar-refractivity contribution >= 4 is 5.97 Å². The highest BCUT2D eigenvalue weighted by Gasteiger charge is 2.37. The van der Waals surface area contributed by atoms with Crippen LogP contribution in [0, 0.1) is 11.3 Å². The van der Waals surface area contributed by atoms with Gasteiger partial charge in [0.2, 0.25) is 5.88 Å². The molecule has 0 spiro atoms. The summed E-state index contributed by atoms with van der Waals surface area (Å²) < 4.78 is 16.4. The minimum Gasteiger partial charge on any atom is -0.463 e. The monoisotopic (exact) mass is 356 g/mol. The molecule has 0 saturated heterocycles. The summed E-state index contributed by atoms with van der Waals surface area (Å²) in [6, 6.07) is 9.61. The number of allylic oxidation sites excluding steroid dienone is 2. The van der Waals surface area contributed by atoms with E-state index in [1.54, 1.807) is 13.8 Å². The Hall–Kier alpha value is -2.78. The van der Waals surface area contributed by atoms with Gasteiger partial charge in [0, 0.05) is 0 Å². The van der Waals surface area contributed by atoms with Gasteiger partial charge in [-0.05, 0) is 38.8 Å². The van der Waals surface area contributed by atoms with E-state index in [0.717, 1.165) is 11.1 Å². The Labute approximate surface area is 153 Å². The molecule has 1 heterocycles. The van der Waals surface area contributed by atoms with Crippen molar-refractivity contribution in [1.82, 2.24) is 0 Å². The van der Waals surface area contributed by atoms with Crippen LogP contribution in [0.5, 0.6) is 0 Å². The largest absolute Gasteiger partial charge is 0.463 e. The van der Waals surface area contributed by atoms with Gasteiger partial charge in [0.25, 0.3) is 0 Å². The van der Waals surface area contributed by atoms with Crippen LogP contribution >= 0.6 is 0 Å². The number of carbonyl (C=O) groups is 1. The fraction of sp³-hybridized carbons (Fsp3) is 0.400. The number of nitriles is 1. The first-order valence-corrected chi connectivity index (χ1v) is 8.55. The molecule has 1 aromatic carbocycles. The van der Waals surface area contributed by atoms with Gasteiger partial charge < -0.3 is 19.9 Å². The van der Waals surface area contributed by atoms with Crippen LogP contribution < -0.4 is 5.73 Å². The third-order valence-electron chi connectivity index (χ3n) is 4.04. The minimum atomic E-state index is -0.653. The van der Waals surface area contributed by atoms with Gasteiger partial charge in [0.15, 0.2) is 0 Å². The number of ether oxygens (including phenoxy) is 3. The Morgan fingerprint density at radius 1 is 1.38 bits per heavy atom. The average molecular weight is 356 g/mol. The molecular formula is C20H24N2O4. The van der Waals surface area contributed by atoms with Crippen LogP contribution in [-0.4, -0.2) is 18.7 Å². The fourth-order valence-electron chi connectivity index (χ4n) is 2.87. The molecule has 1 aromatic rings. The molecule has 138 valence electrons. The van der Waals surface area contributed by atoms with E-state index in [9.17, 15) is 10.1 Å². The molecule has 0 saturated carbocycles. The lowest BCUT2D eigenvalue weighted by Gasteiger charge is -2.28. The van der Waals surface area contributed by atoms with Crippen LogP contribution in [0.15, 0.2) is 47.1 Å². The third kappa shape index (κ3) is 4.06. The molecule has 0 aliphatic carbocycles. The van der Waals surface area contributed by atoms with Crippen molar-refractivity contribution in [3.63, 3.8) is 0 Å². The Morgan fingerprint density at radius 3 is 2.69 bits per heavy atom. The average Bonchev–Trinajstić information content (AvgIpc) is 2.59. The summed E-state index contributed by atoms with van der Waals surface area (Å²) in [7, 11) is 0. The van der Waals surface area contributed by atoms with Gasteiger partial charge in [-0.15, -0.1) is 0 Å². The molecule has 0 radical (unpaired) electrons. The number of hydrogen-bond donors (Lipinski definition) is 1. The smallest absolute Gasteiger partial charge is 0.338 e. The van der Waals surface area contributed by atoms with Crippen molar-refractivity contribution in [2.75, 3.05) is 6.61 Å². The zero-order chi connectivity index (χ0) is 19.3. The van der Waals surface area contributed by atoms with Crippen molar-refractivity contribution in [2.45, 2.75) is 46.3 Å². The number of nitrogens with zero attached hydrogens (tertiary/aromatic N) is 1. The summed E-state index contributed by atoms with van der Waals surface area (Å²) in [6.45, 7) is 7.85. The Morgan fingerprint density at radius 2 is 2.08 bits per heavy atom. The van der Waals surface area contributed by atoms with Crippen LogP contribution in [-0.2, 0) is 25.6 Å². The number of benzene rings is 1. The van der Waals surface area contributed by atoms with Gasteiger partial charge in [0.05, 0.1) is 30.8 Å². The maximum atomic E-state index is 12.6. The fourth-order valence-corrected chi connectivity index (χ4v) is 2.87. The summed E-state index contributed by atoms with van der Waals surface area (Å²) in [4.78, 5) is 12.6. The van der Waals surface area contributed by atoms with Crippen LogP contribution in [0.25, 0.3) is 0 Å². The molecule has 1 atom stereocenters. The van der Waals surface area contributed by atoms with E-state index in [4.69, 9.17) is 19.9 Å². The second-order valence-corrected chi connectivity index (χ2v) is 6.17. The molecule has 1 aliphatic rings. The number of nitrogens with two attached hydrogens (primary N) is 1. The molecule has 0 amide bonds. The Balaban J connectivity index is 2.59. The lowest BCUT2D eigenvalue weighted by molar-refractivity contribution is -0.139. The normalized spacial score (nSPS) is 17.2. The first-order valence-electron chi connectivity index (χ1n) is 8.55. The van der Waals surface area contributed by atoms with E-state index in [1.807, 2.05) is 38.1 Å². The molecule has 0 fully saturated rings. The summed E-state index contributed by atoms with van der Waals surface area (Å²) >= 11 is 0. The maximum Gasteiger partial charge on any atom is 0.338 e. The Bertz CT molecular complexity index is 787. The lowest BCUT2D eigenvalue weighted by atomic mass is 9.81. The molecule has 6 nitrogen and oxygen atoms in total. The van der Waals surface area contributed by atoms with Gasteiger partial charge in [-0.2, -0.15) is 5.26 Å². The molecule has 1 aliphatic heterocycles. The zero-order valence-corrected chi connectivity index (χ0v) is 15.5. The van der Waals surface area contributed by atoms with E-state index >= 15 is 0 Å². The molecule has 2 rings (SSSR count). The van der Waals surface area contributed by atoms with Gasteiger partial charge in [-0.3, -0.25) is 0 Å². The van der Waals surface area contributed by atoms with E-state index in [-0.39, 0.29) is 29.7 Å². The van der Waals surface area contributed by atoms with E-state index in [0.29, 0.717) is 12.4 Å². The molecule has 2 N–H and O–H groups in total. The lowest BCUT2D eigenvalue weighted by Crippen LogP contribution is -2.26. The highest BCUT2D eigenvalue weighted by Crippen LogP contribution is 2.41. The molecule has 26 heavy (non-hydrogen) atoms. The van der Waals surface area contributed by atoms with Crippen molar-refractivity contribution in [1.29, 1.82) is 5.26 Å². The minimum absolute atomic E-state index is 0.00243. The standard InChI is InChI=1S/C20H24N2O4/c1-5-24-20(23)17-13(4)26-19(22)16(10-21)18(17)15-9-7-6-8-14(15)11-25-12(2)3/h6-9,12,18H,5,11,22H2,1-4H3. The van der Waals surface area contributed by atoms with Crippen molar-refractivity contribution < 1.29 is 19.0 Å². The molecule has 1 unspecified atom stereocenters. The summed E-state index contributed by atoms with van der Waals surface area (Å²) in [5.74, 6) is -0.832. The van der Waals surface area contributed by atoms with Crippen LogP contribution in [0.2, 0.25) is 0 Å². The predicted molar refractivity (Wildman–Crippen MR) is 96.4 cm³/mol. The van der Waals surface area contributed by atoms with Crippen LogP contribution in [0.4, 0.5) is 0 Å². The van der Waals surface area contributed by atoms with Gasteiger partial charge in [-0.25, -0.2) is 4.79 Å². The summed E-state index contributed by atoms with van der Waals surface area (Å²) in [6.07, 6.45) is 0.0515. The number of carbonyl (C=O) groups excluding carboxylic acids is 1. The highest BCUT2D eigenvalue weighted by atomic mass is 16.5. The summed E-state index contributed by atoms with van der Waals surface area (Å²) in [5.41, 5.74) is 8.06. The quantitative estimate of drug-likeness (QED) is 0.786. The zero-order valence-electron chi connectivity index (χ0n) is 15.5. The molecule has 6 heteroatoms. The van der Waals surface area contributed by atoms with Gasteiger partial charge >= 0.3 is 5.97 Å². The molecular weight excluding hydrogens is 332 g/mol.